The summed E-state index contributed by atoms with van der Waals surface area (Å²) in [6, 6.07) is 14.0. The van der Waals surface area contributed by atoms with Gasteiger partial charge in [0.1, 0.15) is 11.5 Å². The van der Waals surface area contributed by atoms with Gasteiger partial charge < -0.3 is 9.84 Å². The normalized spacial score (nSPS) is 11.7. The molecule has 0 spiro atoms. The van der Waals surface area contributed by atoms with E-state index in [2.05, 4.69) is 0 Å². The van der Waals surface area contributed by atoms with Gasteiger partial charge in [-0.05, 0) is 48.9 Å². The average molecular weight is 274 g/mol. The topological polar surface area (TPSA) is 53.2 Å². The minimum absolute atomic E-state index is 0.459. The third-order valence-electron chi connectivity index (χ3n) is 2.64. The number of aliphatic hydroxyl groups is 1. The fourth-order valence-corrected chi connectivity index (χ4v) is 1.97. The fourth-order valence-electron chi connectivity index (χ4n) is 1.64. The molecule has 0 bridgehead atoms. The van der Waals surface area contributed by atoms with Crippen LogP contribution >= 0.6 is 11.6 Å². The number of halogens is 1. The van der Waals surface area contributed by atoms with Crippen molar-refractivity contribution < 1.29 is 9.84 Å². The van der Waals surface area contributed by atoms with E-state index in [1.54, 1.807) is 49.4 Å². The third-order valence-corrected chi connectivity index (χ3v) is 2.97. The first-order valence-corrected chi connectivity index (χ1v) is 6.13. The summed E-state index contributed by atoms with van der Waals surface area (Å²) in [4.78, 5) is 0. The molecular formula is C15H12ClNO2. The molecule has 2 rings (SSSR count). The van der Waals surface area contributed by atoms with E-state index in [1.165, 1.54) is 0 Å². The summed E-state index contributed by atoms with van der Waals surface area (Å²) in [5, 5.41) is 18.7. The van der Waals surface area contributed by atoms with E-state index < -0.39 is 6.10 Å². The minimum Gasteiger partial charge on any atom is -0.457 e. The summed E-state index contributed by atoms with van der Waals surface area (Å²) in [7, 11) is 0. The van der Waals surface area contributed by atoms with Gasteiger partial charge in [0, 0.05) is 0 Å². The summed E-state index contributed by atoms with van der Waals surface area (Å²) >= 11 is 6.06. The largest absolute Gasteiger partial charge is 0.457 e. The summed E-state index contributed by atoms with van der Waals surface area (Å²) in [6.45, 7) is 1.66. The average Bonchev–Trinajstić information content (AvgIpc) is 2.39. The fraction of sp³-hybridized carbons (Fsp3) is 0.133. The van der Waals surface area contributed by atoms with Crippen molar-refractivity contribution in [2.24, 2.45) is 0 Å². The minimum atomic E-state index is -0.614. The van der Waals surface area contributed by atoms with E-state index in [0.29, 0.717) is 27.6 Å². The van der Waals surface area contributed by atoms with Crippen molar-refractivity contribution in [2.45, 2.75) is 13.0 Å². The molecule has 0 saturated heterocycles. The Morgan fingerprint density at radius 1 is 1.16 bits per heavy atom. The van der Waals surface area contributed by atoms with Crippen LogP contribution in [0.4, 0.5) is 0 Å². The highest BCUT2D eigenvalue weighted by atomic mass is 35.5. The molecule has 0 aliphatic heterocycles. The van der Waals surface area contributed by atoms with Gasteiger partial charge in [-0.15, -0.1) is 0 Å². The molecule has 19 heavy (non-hydrogen) atoms. The summed E-state index contributed by atoms with van der Waals surface area (Å²) in [6.07, 6.45) is -0.614. The van der Waals surface area contributed by atoms with Gasteiger partial charge in [0.15, 0.2) is 0 Å². The van der Waals surface area contributed by atoms with Crippen LogP contribution in [0.2, 0.25) is 5.02 Å². The Morgan fingerprint density at radius 3 is 2.32 bits per heavy atom. The van der Waals surface area contributed by atoms with Gasteiger partial charge in [-0.1, -0.05) is 17.7 Å². The monoisotopic (exact) mass is 273 g/mol. The lowest BCUT2D eigenvalue weighted by atomic mass is 10.1. The molecule has 0 aliphatic carbocycles. The SMILES string of the molecule is CC(O)c1ccc(Oc2ccc(C#N)cc2)cc1Cl. The van der Waals surface area contributed by atoms with E-state index in [0.717, 1.165) is 0 Å². The van der Waals surface area contributed by atoms with Gasteiger partial charge >= 0.3 is 0 Å². The lowest BCUT2D eigenvalue weighted by Gasteiger charge is -2.10. The van der Waals surface area contributed by atoms with Crippen molar-refractivity contribution in [1.29, 1.82) is 5.26 Å². The van der Waals surface area contributed by atoms with Crippen LogP contribution in [-0.2, 0) is 0 Å². The molecule has 0 aliphatic rings. The van der Waals surface area contributed by atoms with Crippen LogP contribution in [0, 0.1) is 11.3 Å². The van der Waals surface area contributed by atoms with Crippen LogP contribution in [-0.4, -0.2) is 5.11 Å². The third kappa shape index (κ3) is 3.25. The Balaban J connectivity index is 2.19. The van der Waals surface area contributed by atoms with Crippen molar-refractivity contribution in [3.05, 3.63) is 58.6 Å². The maximum atomic E-state index is 9.49. The molecule has 0 heterocycles. The van der Waals surface area contributed by atoms with Crippen molar-refractivity contribution in [3.63, 3.8) is 0 Å². The Morgan fingerprint density at radius 2 is 1.79 bits per heavy atom. The van der Waals surface area contributed by atoms with Crippen LogP contribution in [0.5, 0.6) is 11.5 Å². The zero-order valence-electron chi connectivity index (χ0n) is 10.3. The smallest absolute Gasteiger partial charge is 0.128 e. The first-order chi connectivity index (χ1) is 9.10. The van der Waals surface area contributed by atoms with Gasteiger partial charge in [-0.3, -0.25) is 0 Å². The highest BCUT2D eigenvalue weighted by Crippen LogP contribution is 2.29. The maximum Gasteiger partial charge on any atom is 0.128 e. The number of hydrogen-bond acceptors (Lipinski definition) is 3. The van der Waals surface area contributed by atoms with Crippen LogP contribution in [0.15, 0.2) is 42.5 Å². The number of ether oxygens (including phenoxy) is 1. The number of rotatable bonds is 3. The van der Waals surface area contributed by atoms with Crippen molar-refractivity contribution >= 4 is 11.6 Å². The highest BCUT2D eigenvalue weighted by molar-refractivity contribution is 6.31. The summed E-state index contributed by atoms with van der Waals surface area (Å²) in [5.74, 6) is 1.21. The summed E-state index contributed by atoms with van der Waals surface area (Å²) < 4.78 is 5.62. The predicted octanol–water partition coefficient (Wildman–Crippen LogP) is 4.06. The van der Waals surface area contributed by atoms with Gasteiger partial charge in [-0.2, -0.15) is 5.26 Å². The van der Waals surface area contributed by atoms with E-state index in [9.17, 15) is 5.11 Å². The second-order valence-corrected chi connectivity index (χ2v) is 4.50. The Bertz CT molecular complexity index is 615. The molecule has 0 saturated carbocycles. The van der Waals surface area contributed by atoms with E-state index in [1.807, 2.05) is 6.07 Å². The van der Waals surface area contributed by atoms with E-state index >= 15 is 0 Å². The quantitative estimate of drug-likeness (QED) is 0.917. The molecule has 3 nitrogen and oxygen atoms in total. The Labute approximate surface area is 116 Å². The number of aliphatic hydroxyl groups excluding tert-OH is 1. The number of hydrogen-bond donors (Lipinski definition) is 1. The standard InChI is InChI=1S/C15H12ClNO2/c1-10(18)14-7-6-13(8-15(14)16)19-12-4-2-11(9-17)3-5-12/h2-8,10,18H,1H3. The second-order valence-electron chi connectivity index (χ2n) is 4.10. The highest BCUT2D eigenvalue weighted by Gasteiger charge is 2.08. The van der Waals surface area contributed by atoms with Crippen LogP contribution in [0.3, 0.4) is 0 Å². The van der Waals surface area contributed by atoms with Crippen molar-refractivity contribution in [3.8, 4) is 17.6 Å². The number of benzene rings is 2. The zero-order valence-corrected chi connectivity index (χ0v) is 11.1. The molecular weight excluding hydrogens is 262 g/mol. The molecule has 96 valence electrons. The molecule has 0 radical (unpaired) electrons. The lowest BCUT2D eigenvalue weighted by molar-refractivity contribution is 0.199. The van der Waals surface area contributed by atoms with Gasteiger partial charge in [0.25, 0.3) is 0 Å². The van der Waals surface area contributed by atoms with Gasteiger partial charge in [-0.25, -0.2) is 0 Å². The van der Waals surface area contributed by atoms with Crippen molar-refractivity contribution in [2.75, 3.05) is 0 Å². The molecule has 0 fully saturated rings. The van der Waals surface area contributed by atoms with Gasteiger partial charge in [0.2, 0.25) is 0 Å². The van der Waals surface area contributed by atoms with Crippen LogP contribution < -0.4 is 4.74 Å². The molecule has 4 heteroatoms. The van der Waals surface area contributed by atoms with Crippen LogP contribution in [0.25, 0.3) is 0 Å². The number of nitriles is 1. The first-order valence-electron chi connectivity index (χ1n) is 5.75. The Hall–Kier alpha value is -2.02. The van der Waals surface area contributed by atoms with Crippen molar-refractivity contribution in [1.82, 2.24) is 0 Å². The lowest BCUT2D eigenvalue weighted by Crippen LogP contribution is -1.93. The maximum absolute atomic E-state index is 9.49. The molecule has 1 N–H and O–H groups in total. The molecule has 1 atom stereocenters. The zero-order chi connectivity index (χ0) is 13.8. The number of nitrogens with zero attached hydrogens (tertiary/aromatic N) is 1. The Kier molecular flexibility index (Phi) is 4.06. The second kappa shape index (κ2) is 5.75. The molecule has 2 aromatic carbocycles. The molecule has 0 aromatic heterocycles. The predicted molar refractivity (Wildman–Crippen MR) is 73.3 cm³/mol. The summed E-state index contributed by atoms with van der Waals surface area (Å²) in [5.41, 5.74) is 1.24. The molecule has 2 aromatic rings. The van der Waals surface area contributed by atoms with E-state index in [-0.39, 0.29) is 0 Å². The van der Waals surface area contributed by atoms with E-state index in [4.69, 9.17) is 21.6 Å². The van der Waals surface area contributed by atoms with Crippen LogP contribution in [0.1, 0.15) is 24.2 Å². The molecule has 0 amide bonds. The van der Waals surface area contributed by atoms with Gasteiger partial charge in [0.05, 0.1) is 22.8 Å². The molecule has 1 unspecified atom stereocenters. The first kappa shape index (κ1) is 13.4.